The summed E-state index contributed by atoms with van der Waals surface area (Å²) in [5.41, 5.74) is 0.622. The van der Waals surface area contributed by atoms with E-state index in [0.29, 0.717) is 27.3 Å². The lowest BCUT2D eigenvalue weighted by Crippen LogP contribution is -2.39. The molecule has 1 unspecified atom stereocenters. The van der Waals surface area contributed by atoms with Crippen molar-refractivity contribution in [2.45, 2.75) is 39.1 Å². The van der Waals surface area contributed by atoms with Gasteiger partial charge in [-0.15, -0.1) is 13.2 Å². The van der Waals surface area contributed by atoms with Crippen molar-refractivity contribution < 1.29 is 22.7 Å². The fourth-order valence-electron chi connectivity index (χ4n) is 3.71. The third-order valence-corrected chi connectivity index (χ3v) is 5.44. The number of fused-ring (bicyclic) bond motifs is 1. The predicted octanol–water partition coefficient (Wildman–Crippen LogP) is 6.83. The van der Waals surface area contributed by atoms with Crippen molar-refractivity contribution in [1.82, 2.24) is 9.55 Å². The number of rotatable bonds is 6. The van der Waals surface area contributed by atoms with Crippen LogP contribution in [0.5, 0.6) is 0 Å². The van der Waals surface area contributed by atoms with Crippen LogP contribution < -0.4 is 4.90 Å². The molecule has 1 aromatic heterocycles. The molecule has 0 spiro atoms. The number of aryl methyl sites for hydroxylation is 1. The first-order valence-electron chi connectivity index (χ1n) is 9.47. The molecule has 1 atom stereocenters. The number of ether oxygens (including phenoxy) is 1. The minimum Gasteiger partial charge on any atom is -0.411 e. The lowest BCUT2D eigenvalue weighted by atomic mass is 9.91. The van der Waals surface area contributed by atoms with Gasteiger partial charge in [0.1, 0.15) is 11.3 Å². The van der Waals surface area contributed by atoms with Crippen molar-refractivity contribution in [2.24, 2.45) is 0 Å². The van der Waals surface area contributed by atoms with Gasteiger partial charge in [-0.05, 0) is 50.6 Å². The minimum atomic E-state index is -4.78. The second kappa shape index (κ2) is 8.67. The highest BCUT2D eigenvalue weighted by atomic mass is 35.5. The van der Waals surface area contributed by atoms with Crippen molar-refractivity contribution in [1.29, 1.82) is 0 Å². The molecule has 0 aliphatic carbocycles. The van der Waals surface area contributed by atoms with E-state index >= 15 is 0 Å². The van der Waals surface area contributed by atoms with Gasteiger partial charge in [0.05, 0.1) is 11.9 Å². The van der Waals surface area contributed by atoms with Gasteiger partial charge in [-0.1, -0.05) is 41.9 Å². The first-order valence-corrected chi connectivity index (χ1v) is 10.2. The second-order valence-electron chi connectivity index (χ2n) is 7.52. The first kappa shape index (κ1) is 23.9. The number of hydrogen-bond acceptors (Lipinski definition) is 3. The number of halogens is 5. The van der Waals surface area contributed by atoms with Gasteiger partial charge in [0, 0.05) is 22.2 Å². The monoisotopic (exact) mass is 485 g/mol. The molecule has 1 aromatic carbocycles. The normalized spacial score (nSPS) is 19.4. The zero-order valence-corrected chi connectivity index (χ0v) is 19.0. The quantitative estimate of drug-likeness (QED) is 0.332. The third kappa shape index (κ3) is 4.71. The Labute approximate surface area is 193 Å². The van der Waals surface area contributed by atoms with Gasteiger partial charge >= 0.3 is 6.36 Å². The molecule has 32 heavy (non-hydrogen) atoms. The van der Waals surface area contributed by atoms with Crippen LogP contribution >= 0.6 is 23.2 Å². The summed E-state index contributed by atoms with van der Waals surface area (Å²) in [5, 5.41) is 0.723. The zero-order chi connectivity index (χ0) is 23.8. The molecule has 1 amide bonds. The Morgan fingerprint density at radius 3 is 2.44 bits per heavy atom. The van der Waals surface area contributed by atoms with E-state index in [1.807, 2.05) is 6.92 Å². The highest BCUT2D eigenvalue weighted by Gasteiger charge is 2.49. The molecule has 10 heteroatoms. The topological polar surface area (TPSA) is 47.4 Å². The summed E-state index contributed by atoms with van der Waals surface area (Å²) >= 11 is 12.3. The summed E-state index contributed by atoms with van der Waals surface area (Å²) in [7, 11) is 0. The van der Waals surface area contributed by atoms with E-state index in [1.165, 1.54) is 30.1 Å². The number of amides is 1. The van der Waals surface area contributed by atoms with Crippen molar-refractivity contribution in [2.75, 3.05) is 4.90 Å². The van der Waals surface area contributed by atoms with Gasteiger partial charge < -0.3 is 4.74 Å². The molecule has 1 aliphatic heterocycles. The van der Waals surface area contributed by atoms with E-state index in [-0.39, 0.29) is 18.1 Å². The molecule has 5 nitrogen and oxygen atoms in total. The summed E-state index contributed by atoms with van der Waals surface area (Å²) in [6.45, 7) is 8.47. The number of hydrogen-bond donors (Lipinski definition) is 0. The number of alkyl halides is 3. The molecule has 0 N–H and O–H groups in total. The van der Waals surface area contributed by atoms with Crippen molar-refractivity contribution in [3.05, 3.63) is 76.3 Å². The van der Waals surface area contributed by atoms with Crippen LogP contribution in [0.3, 0.4) is 0 Å². The number of allylic oxidation sites excluding steroid dienone is 5. The fourth-order valence-corrected chi connectivity index (χ4v) is 4.23. The van der Waals surface area contributed by atoms with Gasteiger partial charge in [-0.3, -0.25) is 9.36 Å². The van der Waals surface area contributed by atoms with Gasteiger partial charge in [0.2, 0.25) is 5.95 Å². The standard InChI is InChI=1S/C22H20Cl2F3N3O2/c1-5-15(7-6-14(3)32-22(25,26)27)11-21(4)19(31)29(20-28-12-13(2)30(20)21)18-9-16(23)8-17(24)10-18/h5-10,12H,1,11H2,2-4H3/b14-6+,15-7+. The van der Waals surface area contributed by atoms with E-state index in [1.54, 1.807) is 35.9 Å². The van der Waals surface area contributed by atoms with Crippen LogP contribution in [-0.2, 0) is 15.1 Å². The molecule has 170 valence electrons. The molecule has 0 saturated heterocycles. The SMILES string of the molecule is C=C/C(=C\C=C(/C)OC(F)(F)F)CC1(C)C(=O)N(c2cc(Cl)cc(Cl)c2)c2ncc(C)n21. The lowest BCUT2D eigenvalue weighted by Gasteiger charge is -2.26. The third-order valence-electron chi connectivity index (χ3n) is 5.00. The molecular formula is C22H20Cl2F3N3O2. The van der Waals surface area contributed by atoms with Gasteiger partial charge in [0.15, 0.2) is 0 Å². The van der Waals surface area contributed by atoms with Crippen LogP contribution in [0.25, 0.3) is 0 Å². The Morgan fingerprint density at radius 1 is 1.25 bits per heavy atom. The Kier molecular flexibility index (Phi) is 6.49. The predicted molar refractivity (Wildman–Crippen MR) is 118 cm³/mol. The van der Waals surface area contributed by atoms with Crippen molar-refractivity contribution >= 4 is 40.7 Å². The molecule has 0 radical (unpaired) electrons. The lowest BCUT2D eigenvalue weighted by molar-refractivity contribution is -0.305. The Morgan fingerprint density at radius 2 is 1.88 bits per heavy atom. The molecule has 0 fully saturated rings. The van der Waals surface area contributed by atoms with E-state index in [4.69, 9.17) is 23.2 Å². The van der Waals surface area contributed by atoms with Gasteiger partial charge in [-0.25, -0.2) is 9.88 Å². The highest BCUT2D eigenvalue weighted by Crippen LogP contribution is 2.44. The van der Waals surface area contributed by atoms with Crippen LogP contribution in [0.2, 0.25) is 10.0 Å². The Hall–Kier alpha value is -2.71. The fraction of sp³-hybridized carbons (Fsp3) is 0.273. The van der Waals surface area contributed by atoms with E-state index in [0.717, 1.165) is 5.69 Å². The zero-order valence-electron chi connectivity index (χ0n) is 17.5. The van der Waals surface area contributed by atoms with E-state index in [2.05, 4.69) is 16.3 Å². The maximum Gasteiger partial charge on any atom is 0.572 e. The van der Waals surface area contributed by atoms with Gasteiger partial charge in [0.25, 0.3) is 5.91 Å². The average molecular weight is 486 g/mol. The maximum absolute atomic E-state index is 13.6. The maximum atomic E-state index is 13.6. The number of carbonyl (C=O) groups is 1. The molecule has 3 rings (SSSR count). The molecule has 0 saturated carbocycles. The van der Waals surface area contributed by atoms with Crippen LogP contribution in [-0.4, -0.2) is 21.8 Å². The number of imidazole rings is 1. The van der Waals surface area contributed by atoms with Crippen molar-refractivity contribution in [3.8, 4) is 0 Å². The molecule has 2 heterocycles. The average Bonchev–Trinajstić information content (AvgIpc) is 3.13. The summed E-state index contributed by atoms with van der Waals surface area (Å²) in [6, 6.07) is 4.77. The summed E-state index contributed by atoms with van der Waals surface area (Å²) in [6.07, 6.45) is 1.12. The largest absolute Gasteiger partial charge is 0.572 e. The number of aromatic nitrogens is 2. The minimum absolute atomic E-state index is 0.153. The molecular weight excluding hydrogens is 466 g/mol. The molecule has 1 aliphatic rings. The smallest absolute Gasteiger partial charge is 0.411 e. The summed E-state index contributed by atoms with van der Waals surface area (Å²) in [4.78, 5) is 19.4. The molecule has 2 aromatic rings. The van der Waals surface area contributed by atoms with Crippen LogP contribution in [0.1, 0.15) is 26.0 Å². The Balaban J connectivity index is 2.01. The van der Waals surface area contributed by atoms with Crippen LogP contribution in [0.4, 0.5) is 24.8 Å². The van der Waals surface area contributed by atoms with E-state index in [9.17, 15) is 18.0 Å². The first-order chi connectivity index (χ1) is 14.9. The van der Waals surface area contributed by atoms with Gasteiger partial charge in [-0.2, -0.15) is 0 Å². The van der Waals surface area contributed by atoms with Crippen LogP contribution in [0, 0.1) is 6.92 Å². The number of carbonyl (C=O) groups excluding carboxylic acids is 1. The summed E-state index contributed by atoms with van der Waals surface area (Å²) < 4.78 is 42.9. The number of benzene rings is 1. The Bertz CT molecular complexity index is 1120. The number of anilines is 2. The summed E-state index contributed by atoms with van der Waals surface area (Å²) in [5.74, 6) is -0.236. The van der Waals surface area contributed by atoms with Crippen molar-refractivity contribution in [3.63, 3.8) is 0 Å². The van der Waals surface area contributed by atoms with Crippen LogP contribution in [0.15, 0.2) is 60.5 Å². The highest BCUT2D eigenvalue weighted by molar-refractivity contribution is 6.35. The molecule has 0 bridgehead atoms. The second-order valence-corrected chi connectivity index (χ2v) is 8.40. The van der Waals surface area contributed by atoms with E-state index < -0.39 is 11.9 Å². The number of nitrogens with zero attached hydrogens (tertiary/aromatic N) is 3.